The summed E-state index contributed by atoms with van der Waals surface area (Å²) >= 11 is 6.43. The van der Waals surface area contributed by atoms with Gasteiger partial charge in [-0.3, -0.25) is 4.98 Å². The minimum absolute atomic E-state index is 0.172. The summed E-state index contributed by atoms with van der Waals surface area (Å²) < 4.78 is 25.5. The minimum Gasteiger partial charge on any atom is -0.383 e. The van der Waals surface area contributed by atoms with E-state index in [2.05, 4.69) is 27.5 Å². The molecule has 0 unspecified atom stereocenters. The molecule has 1 aliphatic carbocycles. The van der Waals surface area contributed by atoms with Gasteiger partial charge in [0.15, 0.2) is 0 Å². The van der Waals surface area contributed by atoms with E-state index < -0.39 is 0 Å². The predicted octanol–water partition coefficient (Wildman–Crippen LogP) is 5.50. The summed E-state index contributed by atoms with van der Waals surface area (Å²) in [5, 5.41) is 7.35. The number of nitrogens with zero attached hydrogens (tertiary/aromatic N) is 2. The zero-order valence-corrected chi connectivity index (χ0v) is 21.7. The van der Waals surface area contributed by atoms with Crippen LogP contribution in [-0.4, -0.2) is 56.0 Å². The number of methoxy groups -OCH3 is 1. The molecule has 6 nitrogen and oxygen atoms in total. The second-order valence-corrected chi connectivity index (χ2v) is 10.7. The Bertz CT molecular complexity index is 962. The fourth-order valence-electron chi connectivity index (χ4n) is 5.12. The first-order chi connectivity index (χ1) is 17.0. The van der Waals surface area contributed by atoms with Crippen molar-refractivity contribution >= 4 is 17.3 Å². The van der Waals surface area contributed by atoms with E-state index in [0.29, 0.717) is 28.2 Å². The van der Waals surface area contributed by atoms with E-state index in [0.717, 1.165) is 89.2 Å². The Hall–Kier alpha value is -1.80. The smallest absolute Gasteiger partial charge is 0.149 e. The molecule has 2 fully saturated rings. The quantitative estimate of drug-likeness (QED) is 0.329. The zero-order valence-electron chi connectivity index (χ0n) is 20.9. The van der Waals surface area contributed by atoms with Crippen molar-refractivity contribution in [2.45, 2.75) is 57.9 Å². The van der Waals surface area contributed by atoms with Crippen LogP contribution in [0.2, 0.25) is 5.15 Å². The van der Waals surface area contributed by atoms with E-state index in [9.17, 15) is 4.39 Å². The maximum absolute atomic E-state index is 14.9. The van der Waals surface area contributed by atoms with E-state index in [1.807, 2.05) is 12.1 Å². The van der Waals surface area contributed by atoms with Crippen molar-refractivity contribution in [2.24, 2.45) is 11.3 Å². The Kier molecular flexibility index (Phi) is 9.34. The molecule has 0 atom stereocenters. The van der Waals surface area contributed by atoms with Crippen LogP contribution in [0.25, 0.3) is 11.1 Å². The second-order valence-electron chi connectivity index (χ2n) is 10.4. The van der Waals surface area contributed by atoms with Crippen molar-refractivity contribution in [2.75, 3.05) is 45.3 Å². The van der Waals surface area contributed by atoms with Crippen LogP contribution in [0.1, 0.15) is 51.1 Å². The Morgan fingerprint density at radius 3 is 2.63 bits per heavy atom. The predicted molar refractivity (Wildman–Crippen MR) is 138 cm³/mol. The summed E-state index contributed by atoms with van der Waals surface area (Å²) in [5.74, 6) is 0.181. The van der Waals surface area contributed by atoms with Crippen LogP contribution < -0.4 is 10.6 Å². The number of ether oxygens (including phenoxy) is 2. The maximum Gasteiger partial charge on any atom is 0.149 e. The van der Waals surface area contributed by atoms with Gasteiger partial charge < -0.3 is 20.1 Å². The lowest BCUT2D eigenvalue weighted by atomic mass is 9.82. The fourth-order valence-corrected chi connectivity index (χ4v) is 5.33. The maximum atomic E-state index is 14.9. The van der Waals surface area contributed by atoms with Crippen LogP contribution >= 0.6 is 11.6 Å². The monoisotopic (exact) mass is 504 g/mol. The van der Waals surface area contributed by atoms with E-state index >= 15 is 0 Å². The molecule has 1 saturated carbocycles. The zero-order chi connectivity index (χ0) is 24.7. The van der Waals surface area contributed by atoms with Crippen LogP contribution in [0, 0.1) is 17.2 Å². The lowest BCUT2D eigenvalue weighted by Gasteiger charge is -2.33. The molecule has 4 rings (SSSR count). The third-order valence-corrected chi connectivity index (χ3v) is 7.85. The number of anilines is 1. The van der Waals surface area contributed by atoms with Crippen molar-refractivity contribution in [3.05, 3.63) is 41.2 Å². The van der Waals surface area contributed by atoms with E-state index in [4.69, 9.17) is 21.1 Å². The van der Waals surface area contributed by atoms with Crippen molar-refractivity contribution in [1.29, 1.82) is 0 Å². The van der Waals surface area contributed by atoms with Gasteiger partial charge in [-0.05, 0) is 68.4 Å². The molecule has 2 aliphatic rings. The fraction of sp³-hybridized carbons (Fsp3) is 0.630. The Morgan fingerprint density at radius 2 is 1.89 bits per heavy atom. The van der Waals surface area contributed by atoms with Crippen molar-refractivity contribution in [1.82, 2.24) is 15.3 Å². The summed E-state index contributed by atoms with van der Waals surface area (Å²) in [7, 11) is 1.73. The first kappa shape index (κ1) is 26.3. The Morgan fingerprint density at radius 1 is 1.11 bits per heavy atom. The molecule has 8 heteroatoms. The lowest BCUT2D eigenvalue weighted by Crippen LogP contribution is -2.35. The standard InChI is InChI=1S/C27H38ClFN4O2/c1-27(7-10-35-11-8-27)18-33-22-15-24(26(28)32-16-22)23-14-21(31-17-25(23)29)13-19-3-5-20(6-4-19)30-9-12-34-2/h14-17,19-20,30,33H,3-13,18H2,1-2H3. The molecule has 0 spiro atoms. The highest BCUT2D eigenvalue weighted by Crippen LogP contribution is 2.34. The molecule has 192 valence electrons. The van der Waals surface area contributed by atoms with Gasteiger partial charge >= 0.3 is 0 Å². The van der Waals surface area contributed by atoms with E-state index in [1.165, 1.54) is 6.20 Å². The second kappa shape index (κ2) is 12.4. The normalized spacial score (nSPS) is 22.2. The third-order valence-electron chi connectivity index (χ3n) is 7.54. The molecule has 0 amide bonds. The van der Waals surface area contributed by atoms with Gasteiger partial charge in [0.1, 0.15) is 11.0 Å². The number of halogens is 2. The average molecular weight is 505 g/mol. The van der Waals surface area contributed by atoms with Crippen LogP contribution in [0.15, 0.2) is 24.5 Å². The molecular formula is C27H38ClFN4O2. The van der Waals surface area contributed by atoms with Crippen molar-refractivity contribution in [3.63, 3.8) is 0 Å². The molecule has 0 aromatic carbocycles. The SMILES string of the molecule is COCCNC1CCC(Cc2cc(-c3cc(NCC4(C)CCOCC4)cnc3Cl)c(F)cn2)CC1. The van der Waals surface area contributed by atoms with Gasteiger partial charge in [0, 0.05) is 56.3 Å². The summed E-state index contributed by atoms with van der Waals surface area (Å²) in [6.07, 6.45) is 10.5. The molecule has 1 aliphatic heterocycles. The summed E-state index contributed by atoms with van der Waals surface area (Å²) in [6.45, 7) is 6.30. The summed E-state index contributed by atoms with van der Waals surface area (Å²) in [5.41, 5.74) is 2.98. The topological polar surface area (TPSA) is 68.3 Å². The van der Waals surface area contributed by atoms with Crippen molar-refractivity contribution in [3.8, 4) is 11.1 Å². The molecule has 3 heterocycles. The van der Waals surface area contributed by atoms with E-state index in [1.54, 1.807) is 13.3 Å². The minimum atomic E-state index is -0.378. The molecule has 2 aromatic rings. The number of aromatic nitrogens is 2. The number of nitrogens with one attached hydrogen (secondary N) is 2. The summed E-state index contributed by atoms with van der Waals surface area (Å²) in [6, 6.07) is 4.31. The first-order valence-corrected chi connectivity index (χ1v) is 13.2. The van der Waals surface area contributed by atoms with Crippen LogP contribution in [0.3, 0.4) is 0 Å². The number of pyridine rings is 2. The van der Waals surface area contributed by atoms with Gasteiger partial charge in [0.05, 0.1) is 24.7 Å². The van der Waals surface area contributed by atoms with E-state index in [-0.39, 0.29) is 11.2 Å². The molecular weight excluding hydrogens is 467 g/mol. The largest absolute Gasteiger partial charge is 0.383 e. The molecule has 0 bridgehead atoms. The highest BCUT2D eigenvalue weighted by atomic mass is 35.5. The summed E-state index contributed by atoms with van der Waals surface area (Å²) in [4.78, 5) is 8.74. The van der Waals surface area contributed by atoms with Gasteiger partial charge in [0.2, 0.25) is 0 Å². The van der Waals surface area contributed by atoms with Crippen LogP contribution in [0.4, 0.5) is 10.1 Å². The van der Waals surface area contributed by atoms with Gasteiger partial charge in [-0.1, -0.05) is 18.5 Å². The number of hydrogen-bond donors (Lipinski definition) is 2. The Labute approximate surface area is 213 Å². The van der Waals surface area contributed by atoms with Gasteiger partial charge in [-0.25, -0.2) is 9.37 Å². The third kappa shape index (κ3) is 7.35. The van der Waals surface area contributed by atoms with Gasteiger partial charge in [-0.2, -0.15) is 0 Å². The van der Waals surface area contributed by atoms with Gasteiger partial charge in [-0.15, -0.1) is 0 Å². The molecule has 0 radical (unpaired) electrons. The average Bonchev–Trinajstić information content (AvgIpc) is 2.86. The lowest BCUT2D eigenvalue weighted by molar-refractivity contribution is 0.0300. The molecule has 1 saturated heterocycles. The number of rotatable bonds is 10. The highest BCUT2D eigenvalue weighted by Gasteiger charge is 2.27. The molecule has 35 heavy (non-hydrogen) atoms. The van der Waals surface area contributed by atoms with Crippen LogP contribution in [0.5, 0.6) is 0 Å². The highest BCUT2D eigenvalue weighted by molar-refractivity contribution is 6.32. The van der Waals surface area contributed by atoms with Crippen molar-refractivity contribution < 1.29 is 13.9 Å². The Balaban J connectivity index is 1.40. The molecule has 2 N–H and O–H groups in total. The first-order valence-electron chi connectivity index (χ1n) is 12.8. The van der Waals surface area contributed by atoms with Crippen LogP contribution in [-0.2, 0) is 15.9 Å². The number of hydrogen-bond acceptors (Lipinski definition) is 6. The van der Waals surface area contributed by atoms with Gasteiger partial charge in [0.25, 0.3) is 0 Å². The molecule has 2 aromatic heterocycles.